The number of benzene rings is 1. The first-order chi connectivity index (χ1) is 15.8. The molecule has 0 aromatic heterocycles. The van der Waals surface area contributed by atoms with Gasteiger partial charge in [0.2, 0.25) is 5.91 Å². The van der Waals surface area contributed by atoms with Gasteiger partial charge in [0.25, 0.3) is 0 Å². The summed E-state index contributed by atoms with van der Waals surface area (Å²) in [5.74, 6) is -0.301. The summed E-state index contributed by atoms with van der Waals surface area (Å²) in [5.41, 5.74) is 0.760. The van der Waals surface area contributed by atoms with E-state index in [0.717, 1.165) is 63.7 Å². The molecule has 1 aromatic rings. The second kappa shape index (κ2) is 11.8. The van der Waals surface area contributed by atoms with Crippen LogP contribution < -0.4 is 4.90 Å². The van der Waals surface area contributed by atoms with Crippen LogP contribution in [0.15, 0.2) is 24.3 Å². The lowest BCUT2D eigenvalue weighted by atomic mass is 9.96. The van der Waals surface area contributed by atoms with Crippen molar-refractivity contribution in [2.24, 2.45) is 0 Å². The number of halogens is 1. The Morgan fingerprint density at radius 2 is 1.79 bits per heavy atom. The van der Waals surface area contributed by atoms with Crippen molar-refractivity contribution in [3.05, 3.63) is 30.1 Å². The largest absolute Gasteiger partial charge is 0.449 e. The van der Waals surface area contributed by atoms with Crippen LogP contribution in [0.2, 0.25) is 0 Å². The van der Waals surface area contributed by atoms with E-state index < -0.39 is 0 Å². The van der Waals surface area contributed by atoms with Crippen molar-refractivity contribution in [3.8, 4) is 0 Å². The minimum Gasteiger partial charge on any atom is -0.449 e. The monoisotopic (exact) mass is 461 g/mol. The van der Waals surface area contributed by atoms with E-state index in [1.165, 1.54) is 12.1 Å². The molecule has 3 rings (SSSR count). The summed E-state index contributed by atoms with van der Waals surface area (Å²) >= 11 is 0. The predicted molar refractivity (Wildman–Crippen MR) is 129 cm³/mol. The van der Waals surface area contributed by atoms with Gasteiger partial charge in [0.05, 0.1) is 6.61 Å². The molecule has 2 amide bonds. The zero-order valence-corrected chi connectivity index (χ0v) is 20.6. The maximum absolute atomic E-state index is 13.4. The Bertz CT molecular complexity index is 779. The van der Waals surface area contributed by atoms with Crippen LogP contribution in [0, 0.1) is 5.82 Å². The number of hydrogen-bond acceptors (Lipinski definition) is 4. The van der Waals surface area contributed by atoms with Crippen LogP contribution in [0.5, 0.6) is 0 Å². The molecular formula is C26H40FN3O3. The van der Waals surface area contributed by atoms with Crippen LogP contribution in [0.4, 0.5) is 14.9 Å². The maximum Gasteiger partial charge on any atom is 0.410 e. The number of nitrogens with zero attached hydrogens (tertiary/aromatic N) is 3. The van der Waals surface area contributed by atoms with Gasteiger partial charge in [-0.05, 0) is 76.1 Å². The number of carbonyl (C=O) groups is 2. The van der Waals surface area contributed by atoms with Crippen molar-refractivity contribution < 1.29 is 18.7 Å². The summed E-state index contributed by atoms with van der Waals surface area (Å²) < 4.78 is 18.8. The maximum atomic E-state index is 13.4. The Hall–Kier alpha value is -2.15. The summed E-state index contributed by atoms with van der Waals surface area (Å²) in [6.07, 6.45) is 6.47. The van der Waals surface area contributed by atoms with Crippen LogP contribution in [0.3, 0.4) is 0 Å². The standard InChI is InChI=1S/C26H40FN3O3/c1-5-17-33-26(32)29-19(3)7-10-25(29)18-22(6-2)28-15-13-24(14-16-28)30(20(4)31)23-11-8-21(27)9-12-23/h8-9,11-12,19,22,24-25H,5-7,10,13-18H2,1-4H3. The van der Waals surface area contributed by atoms with E-state index in [-0.39, 0.29) is 35.9 Å². The van der Waals surface area contributed by atoms with Gasteiger partial charge in [-0.1, -0.05) is 13.8 Å². The molecule has 6 nitrogen and oxygen atoms in total. The molecule has 0 N–H and O–H groups in total. The molecule has 0 radical (unpaired) electrons. The zero-order chi connectivity index (χ0) is 24.0. The molecule has 7 heteroatoms. The van der Waals surface area contributed by atoms with Gasteiger partial charge in [-0.3, -0.25) is 4.79 Å². The molecule has 3 unspecified atom stereocenters. The van der Waals surface area contributed by atoms with Gasteiger partial charge in [0.15, 0.2) is 0 Å². The van der Waals surface area contributed by atoms with Crippen molar-refractivity contribution in [2.75, 3.05) is 24.6 Å². The topological polar surface area (TPSA) is 53.1 Å². The number of carbonyl (C=O) groups excluding carboxylic acids is 2. The number of piperidine rings is 1. The van der Waals surface area contributed by atoms with E-state index in [2.05, 4.69) is 18.7 Å². The van der Waals surface area contributed by atoms with Gasteiger partial charge in [0, 0.05) is 49.9 Å². The van der Waals surface area contributed by atoms with Crippen molar-refractivity contribution in [1.82, 2.24) is 9.80 Å². The molecule has 2 heterocycles. The minimum absolute atomic E-state index is 0.00623. The fraction of sp³-hybridized carbons (Fsp3) is 0.692. The van der Waals surface area contributed by atoms with Crippen molar-refractivity contribution in [1.29, 1.82) is 0 Å². The number of hydrogen-bond donors (Lipinski definition) is 0. The molecule has 184 valence electrons. The highest BCUT2D eigenvalue weighted by Gasteiger charge is 2.38. The first kappa shape index (κ1) is 25.5. The predicted octanol–water partition coefficient (Wildman–Crippen LogP) is 5.21. The minimum atomic E-state index is -0.295. The highest BCUT2D eigenvalue weighted by molar-refractivity contribution is 5.92. The molecule has 0 saturated carbocycles. The molecule has 0 aliphatic carbocycles. The molecule has 0 bridgehead atoms. The number of ether oxygens (including phenoxy) is 1. The Morgan fingerprint density at radius 3 is 2.36 bits per heavy atom. The van der Waals surface area contributed by atoms with E-state index in [0.29, 0.717) is 12.6 Å². The van der Waals surface area contributed by atoms with Gasteiger partial charge in [-0.2, -0.15) is 0 Å². The third-order valence-electron chi connectivity index (χ3n) is 7.27. The zero-order valence-electron chi connectivity index (χ0n) is 20.6. The van der Waals surface area contributed by atoms with Crippen LogP contribution in [0.1, 0.15) is 72.6 Å². The Morgan fingerprint density at radius 1 is 1.12 bits per heavy atom. The molecule has 3 atom stereocenters. The normalized spacial score (nSPS) is 22.9. The van der Waals surface area contributed by atoms with Crippen LogP contribution in [-0.4, -0.2) is 65.7 Å². The van der Waals surface area contributed by atoms with Gasteiger partial charge < -0.3 is 19.4 Å². The number of likely N-dealkylation sites (tertiary alicyclic amines) is 2. The van der Waals surface area contributed by atoms with Crippen molar-refractivity contribution >= 4 is 17.7 Å². The van der Waals surface area contributed by atoms with Gasteiger partial charge in [0.1, 0.15) is 5.82 Å². The van der Waals surface area contributed by atoms with E-state index in [9.17, 15) is 14.0 Å². The molecule has 2 aliphatic heterocycles. The van der Waals surface area contributed by atoms with Crippen LogP contribution in [0.25, 0.3) is 0 Å². The molecule has 1 aromatic carbocycles. The van der Waals surface area contributed by atoms with Crippen molar-refractivity contribution in [3.63, 3.8) is 0 Å². The average molecular weight is 462 g/mol. The van der Waals surface area contributed by atoms with E-state index >= 15 is 0 Å². The van der Waals surface area contributed by atoms with E-state index in [1.54, 1.807) is 19.1 Å². The lowest BCUT2D eigenvalue weighted by Gasteiger charge is -2.42. The second-order valence-corrected chi connectivity index (χ2v) is 9.53. The van der Waals surface area contributed by atoms with Crippen molar-refractivity contribution in [2.45, 2.75) is 96.8 Å². The van der Waals surface area contributed by atoms with Gasteiger partial charge >= 0.3 is 6.09 Å². The lowest BCUT2D eigenvalue weighted by Crippen LogP contribution is -2.51. The molecule has 0 spiro atoms. The fourth-order valence-corrected chi connectivity index (χ4v) is 5.54. The van der Waals surface area contributed by atoms with Gasteiger partial charge in [-0.15, -0.1) is 0 Å². The number of anilines is 1. The average Bonchev–Trinajstić information content (AvgIpc) is 3.17. The highest BCUT2D eigenvalue weighted by Crippen LogP contribution is 2.31. The summed E-state index contributed by atoms with van der Waals surface area (Å²) in [7, 11) is 0. The Labute approximate surface area is 198 Å². The first-order valence-electron chi connectivity index (χ1n) is 12.6. The SMILES string of the molecule is CCCOC(=O)N1C(C)CCC1CC(CC)N1CCC(N(C(C)=O)c2ccc(F)cc2)CC1. The Kier molecular flexibility index (Phi) is 9.12. The smallest absolute Gasteiger partial charge is 0.410 e. The number of rotatable bonds is 8. The van der Waals surface area contributed by atoms with E-state index in [4.69, 9.17) is 4.74 Å². The Balaban J connectivity index is 1.60. The van der Waals surface area contributed by atoms with E-state index in [1.807, 2.05) is 16.7 Å². The molecule has 33 heavy (non-hydrogen) atoms. The fourth-order valence-electron chi connectivity index (χ4n) is 5.54. The highest BCUT2D eigenvalue weighted by atomic mass is 19.1. The number of amides is 2. The third kappa shape index (κ3) is 6.25. The summed E-state index contributed by atoms with van der Waals surface area (Å²) in [6, 6.07) is 7.16. The van der Waals surface area contributed by atoms with Gasteiger partial charge in [-0.25, -0.2) is 9.18 Å². The lowest BCUT2D eigenvalue weighted by molar-refractivity contribution is -0.117. The molecular weight excluding hydrogens is 421 g/mol. The first-order valence-corrected chi connectivity index (χ1v) is 12.6. The summed E-state index contributed by atoms with van der Waals surface area (Å²) in [6.45, 7) is 10.2. The second-order valence-electron chi connectivity index (χ2n) is 9.53. The molecule has 2 fully saturated rings. The summed E-state index contributed by atoms with van der Waals surface area (Å²) in [4.78, 5) is 31.4. The third-order valence-corrected chi connectivity index (χ3v) is 7.27. The van der Waals surface area contributed by atoms with Crippen LogP contribution >= 0.6 is 0 Å². The van der Waals surface area contributed by atoms with Crippen LogP contribution in [-0.2, 0) is 9.53 Å². The quantitative estimate of drug-likeness (QED) is 0.533. The molecule has 2 saturated heterocycles. The molecule has 2 aliphatic rings. The summed E-state index contributed by atoms with van der Waals surface area (Å²) in [5, 5.41) is 0.